The highest BCUT2D eigenvalue weighted by Gasteiger charge is 2.29. The van der Waals surface area contributed by atoms with Crippen LogP contribution in [-0.4, -0.2) is 26.7 Å². The Morgan fingerprint density at radius 1 is 0.933 bits per heavy atom. The topological polar surface area (TPSA) is 171 Å². The molecule has 2 aromatic carbocycles. The lowest BCUT2D eigenvalue weighted by molar-refractivity contribution is -0.395. The van der Waals surface area contributed by atoms with Crippen molar-refractivity contribution >= 4 is 34.3 Å². The number of anilines is 2. The van der Waals surface area contributed by atoms with Crippen LogP contribution in [0.5, 0.6) is 0 Å². The van der Waals surface area contributed by atoms with E-state index in [1.807, 2.05) is 0 Å². The first-order chi connectivity index (χ1) is 14.0. The minimum atomic E-state index is -1.30. The van der Waals surface area contributed by atoms with Gasteiger partial charge in [0.15, 0.2) is 0 Å². The lowest BCUT2D eigenvalue weighted by atomic mass is 10.0. The Bertz CT molecular complexity index is 1010. The molecule has 12 nitrogen and oxygen atoms in total. The van der Waals surface area contributed by atoms with Crippen LogP contribution < -0.4 is 10.6 Å². The number of halogens is 1. The average molecular weight is 421 g/mol. The van der Waals surface area contributed by atoms with Gasteiger partial charge in [0.05, 0.1) is 20.8 Å². The van der Waals surface area contributed by atoms with Gasteiger partial charge in [-0.15, -0.1) is 0 Å². The molecule has 13 heteroatoms. The fraction of sp³-hybridized carbons (Fsp3) is 0.235. The zero-order valence-corrected chi connectivity index (χ0v) is 15.7. The maximum absolute atomic E-state index is 14.0. The zero-order valence-electron chi connectivity index (χ0n) is 15.7. The number of nitro benzene ring substituents is 3. The van der Waals surface area contributed by atoms with Crippen LogP contribution in [0, 0.1) is 42.1 Å². The Hall–Kier alpha value is -4.16. The standard InChI is InChI=1S/C17H16FN5O7/c1-9(2)16(17(24)19-10-3-5-11(6-4-10)21(25)26)20-13-7-12(18)14(22(27)28)8-15(13)23(29)30/h3-9,16,20H,1-2H3,(H,19,24)/t16-/m0/s1. The van der Waals surface area contributed by atoms with Crippen molar-refractivity contribution < 1.29 is 24.0 Å². The van der Waals surface area contributed by atoms with E-state index in [2.05, 4.69) is 10.6 Å². The summed E-state index contributed by atoms with van der Waals surface area (Å²) in [5.41, 5.74) is -2.17. The fourth-order valence-corrected chi connectivity index (χ4v) is 2.55. The molecule has 0 saturated heterocycles. The van der Waals surface area contributed by atoms with Gasteiger partial charge in [0.1, 0.15) is 11.7 Å². The molecule has 2 N–H and O–H groups in total. The highest BCUT2D eigenvalue weighted by molar-refractivity contribution is 5.97. The van der Waals surface area contributed by atoms with Crippen LogP contribution in [0.4, 0.5) is 32.8 Å². The number of amides is 1. The maximum atomic E-state index is 14.0. The summed E-state index contributed by atoms with van der Waals surface area (Å²) in [4.78, 5) is 42.8. The van der Waals surface area contributed by atoms with Crippen LogP contribution in [-0.2, 0) is 4.79 Å². The third-order valence-electron chi connectivity index (χ3n) is 4.06. The van der Waals surface area contributed by atoms with Gasteiger partial charge in [-0.2, -0.15) is 4.39 Å². The molecule has 2 rings (SSSR count). The van der Waals surface area contributed by atoms with Crippen LogP contribution in [0.3, 0.4) is 0 Å². The van der Waals surface area contributed by atoms with Gasteiger partial charge in [0, 0.05) is 23.9 Å². The molecule has 0 fully saturated rings. The van der Waals surface area contributed by atoms with Gasteiger partial charge >= 0.3 is 5.69 Å². The molecule has 0 bridgehead atoms. The highest BCUT2D eigenvalue weighted by atomic mass is 19.1. The molecule has 0 unspecified atom stereocenters. The summed E-state index contributed by atoms with van der Waals surface area (Å²) >= 11 is 0. The third-order valence-corrected chi connectivity index (χ3v) is 4.06. The second-order valence-corrected chi connectivity index (χ2v) is 6.49. The van der Waals surface area contributed by atoms with Crippen LogP contribution in [0.2, 0.25) is 0 Å². The third kappa shape index (κ3) is 5.01. The summed E-state index contributed by atoms with van der Waals surface area (Å²) in [5.74, 6) is -2.38. The molecule has 30 heavy (non-hydrogen) atoms. The number of carbonyl (C=O) groups excluding carboxylic acids is 1. The van der Waals surface area contributed by atoms with Crippen molar-refractivity contribution in [3.63, 3.8) is 0 Å². The number of benzene rings is 2. The van der Waals surface area contributed by atoms with Crippen LogP contribution >= 0.6 is 0 Å². The minimum Gasteiger partial charge on any atom is -0.368 e. The number of rotatable bonds is 8. The summed E-state index contributed by atoms with van der Waals surface area (Å²) in [6.45, 7) is 3.25. The summed E-state index contributed by atoms with van der Waals surface area (Å²) < 4.78 is 14.0. The Labute approximate surface area is 168 Å². The van der Waals surface area contributed by atoms with E-state index in [1.165, 1.54) is 24.3 Å². The number of hydrogen-bond acceptors (Lipinski definition) is 8. The van der Waals surface area contributed by atoms with E-state index in [-0.39, 0.29) is 11.4 Å². The predicted octanol–water partition coefficient (Wildman–Crippen LogP) is 3.63. The first-order valence-corrected chi connectivity index (χ1v) is 8.45. The molecule has 0 aliphatic carbocycles. The molecule has 1 atom stereocenters. The van der Waals surface area contributed by atoms with Crippen LogP contribution in [0.15, 0.2) is 36.4 Å². The molecule has 0 heterocycles. The van der Waals surface area contributed by atoms with Crippen molar-refractivity contribution in [2.45, 2.75) is 19.9 Å². The smallest absolute Gasteiger partial charge is 0.311 e. The van der Waals surface area contributed by atoms with Gasteiger partial charge in [-0.25, -0.2) is 0 Å². The molecule has 0 radical (unpaired) electrons. The normalized spacial score (nSPS) is 11.6. The minimum absolute atomic E-state index is 0.177. The maximum Gasteiger partial charge on any atom is 0.311 e. The van der Waals surface area contributed by atoms with Gasteiger partial charge in [-0.05, 0) is 18.1 Å². The lowest BCUT2D eigenvalue weighted by Gasteiger charge is -2.22. The molecule has 158 valence electrons. The van der Waals surface area contributed by atoms with Crippen LogP contribution in [0.25, 0.3) is 0 Å². The SMILES string of the molecule is CC(C)[C@H](Nc1cc(F)c([N+](=O)[O-])cc1[N+](=O)[O-])C(=O)Nc1ccc([N+](=O)[O-])cc1. The van der Waals surface area contributed by atoms with Gasteiger partial charge < -0.3 is 10.6 Å². The van der Waals surface area contributed by atoms with Crippen molar-refractivity contribution in [2.75, 3.05) is 10.6 Å². The number of non-ortho nitro benzene ring substituents is 1. The molecule has 2 aromatic rings. The summed E-state index contributed by atoms with van der Waals surface area (Å²) in [5, 5.41) is 37.9. The molecule has 1 amide bonds. The first-order valence-electron chi connectivity index (χ1n) is 8.45. The van der Waals surface area contributed by atoms with E-state index in [1.54, 1.807) is 13.8 Å². The average Bonchev–Trinajstić information content (AvgIpc) is 2.65. The lowest BCUT2D eigenvalue weighted by Crippen LogP contribution is -2.39. The monoisotopic (exact) mass is 421 g/mol. The van der Waals surface area contributed by atoms with Crippen molar-refractivity contribution in [2.24, 2.45) is 5.92 Å². The largest absolute Gasteiger partial charge is 0.368 e. The Morgan fingerprint density at radius 3 is 1.97 bits per heavy atom. The van der Waals surface area contributed by atoms with E-state index in [4.69, 9.17) is 0 Å². The molecular formula is C17H16FN5O7. The summed E-state index contributed by atoms with van der Waals surface area (Å²) in [6.07, 6.45) is 0. The zero-order chi connectivity index (χ0) is 22.6. The Balaban J connectivity index is 2.31. The summed E-state index contributed by atoms with van der Waals surface area (Å²) in [6, 6.07) is 4.96. The van der Waals surface area contributed by atoms with Crippen molar-refractivity contribution in [1.82, 2.24) is 0 Å². The number of nitrogens with zero attached hydrogens (tertiary/aromatic N) is 3. The number of nitrogens with one attached hydrogen (secondary N) is 2. The molecule has 0 spiro atoms. The molecule has 0 aliphatic heterocycles. The second kappa shape index (κ2) is 8.89. The van der Waals surface area contributed by atoms with E-state index < -0.39 is 55.5 Å². The van der Waals surface area contributed by atoms with Crippen molar-refractivity contribution in [3.05, 3.63) is 72.6 Å². The van der Waals surface area contributed by atoms with Gasteiger partial charge in [0.2, 0.25) is 11.7 Å². The van der Waals surface area contributed by atoms with Gasteiger partial charge in [-0.1, -0.05) is 13.8 Å². The van der Waals surface area contributed by atoms with Crippen molar-refractivity contribution in [1.29, 1.82) is 0 Å². The quantitative estimate of drug-likeness (QED) is 0.480. The summed E-state index contributed by atoms with van der Waals surface area (Å²) in [7, 11) is 0. The van der Waals surface area contributed by atoms with Gasteiger partial charge in [-0.3, -0.25) is 35.1 Å². The van der Waals surface area contributed by atoms with E-state index in [9.17, 15) is 39.5 Å². The highest BCUT2D eigenvalue weighted by Crippen LogP contribution is 2.33. The second-order valence-electron chi connectivity index (χ2n) is 6.49. The number of nitro groups is 3. The van der Waals surface area contributed by atoms with Crippen molar-refractivity contribution in [3.8, 4) is 0 Å². The molecule has 0 aromatic heterocycles. The van der Waals surface area contributed by atoms with E-state index in [0.717, 1.165) is 0 Å². The Morgan fingerprint density at radius 2 is 1.50 bits per heavy atom. The molecular weight excluding hydrogens is 405 g/mol. The molecule has 0 aliphatic rings. The van der Waals surface area contributed by atoms with E-state index in [0.29, 0.717) is 12.1 Å². The van der Waals surface area contributed by atoms with Crippen LogP contribution in [0.1, 0.15) is 13.8 Å². The predicted molar refractivity (Wildman–Crippen MR) is 104 cm³/mol. The number of carbonyl (C=O) groups is 1. The number of hydrogen-bond donors (Lipinski definition) is 2. The molecule has 0 saturated carbocycles. The van der Waals surface area contributed by atoms with E-state index >= 15 is 0 Å². The fourth-order valence-electron chi connectivity index (χ4n) is 2.55. The van der Waals surface area contributed by atoms with Gasteiger partial charge in [0.25, 0.3) is 11.4 Å². The first kappa shape index (κ1) is 22.1. The Kier molecular flexibility index (Phi) is 6.56.